The quantitative estimate of drug-likeness (QED) is 0.294. The average molecular weight is 433 g/mol. The highest BCUT2D eigenvalue weighted by molar-refractivity contribution is 6.76. The molecule has 0 fully saturated rings. The second-order valence-electron chi connectivity index (χ2n) is 8.13. The van der Waals surface area contributed by atoms with Crippen molar-refractivity contribution in [3.63, 3.8) is 0 Å². The summed E-state index contributed by atoms with van der Waals surface area (Å²) in [6.45, 7) is 9.90. The van der Waals surface area contributed by atoms with E-state index in [4.69, 9.17) is 21.4 Å². The Balaban J connectivity index is 1.93. The second kappa shape index (κ2) is 8.52. The Morgan fingerprint density at radius 1 is 1.21 bits per heavy atom. The van der Waals surface area contributed by atoms with Gasteiger partial charge in [-0.05, 0) is 37.2 Å². The molecule has 29 heavy (non-hydrogen) atoms. The zero-order valence-corrected chi connectivity index (χ0v) is 18.7. The van der Waals surface area contributed by atoms with Crippen molar-refractivity contribution in [2.24, 2.45) is 0 Å². The molecule has 0 aromatic carbocycles. The molecule has 0 atom stereocenters. The Hall–Kier alpha value is -2.42. The standard InChI is InChI=1S/C20H25ClN4O3Si/c1-13-14(6-8-18(22-13)24-20(26)27)16-11-25(12-28-9-10-29(2,3)4)19-15(16)5-7-17(21)23-19/h5-8,11H,9-10,12H2,1-4H3,(H,22,24)(H,26,27). The second-order valence-corrected chi connectivity index (χ2v) is 14.1. The third-order valence-corrected chi connectivity index (χ3v) is 6.44. The van der Waals surface area contributed by atoms with E-state index in [1.165, 1.54) is 0 Å². The Labute approximate surface area is 175 Å². The Kier molecular flexibility index (Phi) is 6.26. The molecule has 3 aromatic rings. The number of aryl methyl sites for hydroxylation is 1. The molecule has 2 N–H and O–H groups in total. The predicted octanol–water partition coefficient (Wildman–Crippen LogP) is 5.46. The van der Waals surface area contributed by atoms with Gasteiger partial charge in [-0.1, -0.05) is 31.2 Å². The largest absolute Gasteiger partial charge is 0.465 e. The van der Waals surface area contributed by atoms with Crippen molar-refractivity contribution in [3.8, 4) is 11.1 Å². The Bertz CT molecular complexity index is 1050. The number of carboxylic acid groups (broad SMARTS) is 1. The molecule has 1 amide bonds. The van der Waals surface area contributed by atoms with Gasteiger partial charge in [-0.2, -0.15) is 0 Å². The van der Waals surface area contributed by atoms with Crippen LogP contribution in [0.2, 0.25) is 30.8 Å². The molecule has 0 radical (unpaired) electrons. The average Bonchev–Trinajstić information content (AvgIpc) is 2.95. The number of pyridine rings is 2. The minimum Gasteiger partial charge on any atom is -0.465 e. The molecule has 0 spiro atoms. The van der Waals surface area contributed by atoms with Crippen LogP contribution in [0.3, 0.4) is 0 Å². The molecule has 0 bridgehead atoms. The summed E-state index contributed by atoms with van der Waals surface area (Å²) in [5, 5.41) is 12.5. The van der Waals surface area contributed by atoms with E-state index in [1.807, 2.05) is 29.8 Å². The van der Waals surface area contributed by atoms with E-state index >= 15 is 0 Å². The van der Waals surface area contributed by atoms with Crippen LogP contribution in [0.1, 0.15) is 5.69 Å². The normalized spacial score (nSPS) is 11.8. The van der Waals surface area contributed by atoms with Gasteiger partial charge in [-0.3, -0.25) is 5.32 Å². The number of anilines is 1. The highest BCUT2D eigenvalue weighted by atomic mass is 35.5. The van der Waals surface area contributed by atoms with Gasteiger partial charge >= 0.3 is 6.09 Å². The Morgan fingerprint density at radius 3 is 2.62 bits per heavy atom. The lowest BCUT2D eigenvalue weighted by atomic mass is 10.0. The molecule has 0 aliphatic carbocycles. The summed E-state index contributed by atoms with van der Waals surface area (Å²) in [5.41, 5.74) is 3.30. The lowest BCUT2D eigenvalue weighted by Gasteiger charge is -2.15. The van der Waals surface area contributed by atoms with Crippen LogP contribution >= 0.6 is 11.6 Å². The van der Waals surface area contributed by atoms with Gasteiger partial charge in [0.2, 0.25) is 0 Å². The topological polar surface area (TPSA) is 89.3 Å². The molecule has 9 heteroatoms. The van der Waals surface area contributed by atoms with Crippen LogP contribution in [0, 0.1) is 6.92 Å². The summed E-state index contributed by atoms with van der Waals surface area (Å²) in [5.74, 6) is 0.290. The van der Waals surface area contributed by atoms with Gasteiger partial charge < -0.3 is 14.4 Å². The maximum atomic E-state index is 10.8. The van der Waals surface area contributed by atoms with Crippen molar-refractivity contribution in [1.29, 1.82) is 0 Å². The zero-order chi connectivity index (χ0) is 21.2. The van der Waals surface area contributed by atoms with Gasteiger partial charge in [0.1, 0.15) is 23.3 Å². The number of nitrogens with one attached hydrogen (secondary N) is 1. The number of amides is 1. The number of carbonyl (C=O) groups is 1. The van der Waals surface area contributed by atoms with E-state index in [0.29, 0.717) is 30.0 Å². The van der Waals surface area contributed by atoms with Gasteiger partial charge in [-0.15, -0.1) is 0 Å². The van der Waals surface area contributed by atoms with Crippen LogP contribution in [-0.4, -0.2) is 40.4 Å². The van der Waals surface area contributed by atoms with E-state index in [2.05, 4.69) is 34.9 Å². The first-order valence-corrected chi connectivity index (χ1v) is 13.4. The summed E-state index contributed by atoms with van der Waals surface area (Å²) in [6, 6.07) is 8.28. The van der Waals surface area contributed by atoms with Gasteiger partial charge in [0.25, 0.3) is 0 Å². The summed E-state index contributed by atoms with van der Waals surface area (Å²) in [7, 11) is -1.16. The number of aromatic nitrogens is 3. The van der Waals surface area contributed by atoms with Crippen molar-refractivity contribution in [2.75, 3.05) is 11.9 Å². The van der Waals surface area contributed by atoms with Gasteiger partial charge in [-0.25, -0.2) is 14.8 Å². The SMILES string of the molecule is Cc1nc(NC(=O)O)ccc1-c1cn(COCC[Si](C)(C)C)c2nc(Cl)ccc12. The fraction of sp³-hybridized carbons (Fsp3) is 0.350. The number of hydrogen-bond acceptors (Lipinski definition) is 4. The molecule has 3 heterocycles. The minimum atomic E-state index is -1.16. The number of rotatable bonds is 7. The van der Waals surface area contributed by atoms with E-state index in [0.717, 1.165) is 28.2 Å². The van der Waals surface area contributed by atoms with Crippen LogP contribution in [0.25, 0.3) is 22.2 Å². The maximum Gasteiger partial charge on any atom is 0.410 e. The van der Waals surface area contributed by atoms with Crippen LogP contribution < -0.4 is 5.32 Å². The molecular formula is C20H25ClN4O3Si. The summed E-state index contributed by atoms with van der Waals surface area (Å²) >= 11 is 6.13. The molecule has 0 saturated heterocycles. The van der Waals surface area contributed by atoms with Crippen molar-refractivity contribution >= 4 is 42.6 Å². The number of halogens is 1. The fourth-order valence-corrected chi connectivity index (χ4v) is 3.92. The molecule has 7 nitrogen and oxygen atoms in total. The molecule has 3 aromatic heterocycles. The molecule has 0 aliphatic rings. The van der Waals surface area contributed by atoms with Gasteiger partial charge in [0, 0.05) is 43.1 Å². The fourth-order valence-electron chi connectivity index (χ4n) is 3.02. The van der Waals surface area contributed by atoms with E-state index < -0.39 is 14.2 Å². The summed E-state index contributed by atoms with van der Waals surface area (Å²) in [4.78, 5) is 19.7. The smallest absolute Gasteiger partial charge is 0.410 e. The first-order valence-electron chi connectivity index (χ1n) is 9.35. The van der Waals surface area contributed by atoms with Crippen LogP contribution in [0.15, 0.2) is 30.5 Å². The number of fused-ring (bicyclic) bond motifs is 1. The van der Waals surface area contributed by atoms with Crippen molar-refractivity contribution < 1.29 is 14.6 Å². The van der Waals surface area contributed by atoms with Gasteiger partial charge in [0.05, 0.1) is 0 Å². The monoisotopic (exact) mass is 432 g/mol. The van der Waals surface area contributed by atoms with Gasteiger partial charge in [0.15, 0.2) is 0 Å². The van der Waals surface area contributed by atoms with Crippen molar-refractivity contribution in [1.82, 2.24) is 14.5 Å². The van der Waals surface area contributed by atoms with E-state index in [1.54, 1.807) is 12.1 Å². The number of hydrogen-bond donors (Lipinski definition) is 2. The first kappa shape index (κ1) is 21.3. The molecule has 3 rings (SSSR count). The van der Waals surface area contributed by atoms with Crippen molar-refractivity contribution in [3.05, 3.63) is 41.3 Å². The third-order valence-electron chi connectivity index (χ3n) is 4.53. The van der Waals surface area contributed by atoms with E-state index in [-0.39, 0.29) is 0 Å². The molecule has 0 saturated carbocycles. The van der Waals surface area contributed by atoms with Crippen LogP contribution in [-0.2, 0) is 11.5 Å². The highest BCUT2D eigenvalue weighted by Crippen LogP contribution is 2.33. The van der Waals surface area contributed by atoms with Crippen molar-refractivity contribution in [2.45, 2.75) is 39.3 Å². The third kappa shape index (κ3) is 5.34. The van der Waals surface area contributed by atoms with Crippen LogP contribution in [0.4, 0.5) is 10.6 Å². The summed E-state index contributed by atoms with van der Waals surface area (Å²) in [6.07, 6.45) is 0.840. The summed E-state index contributed by atoms with van der Waals surface area (Å²) < 4.78 is 7.86. The number of ether oxygens (including phenoxy) is 1. The minimum absolute atomic E-state index is 0.290. The van der Waals surface area contributed by atoms with Crippen LogP contribution in [0.5, 0.6) is 0 Å². The number of nitrogens with zero attached hydrogens (tertiary/aromatic N) is 3. The van der Waals surface area contributed by atoms with E-state index in [9.17, 15) is 4.79 Å². The molecule has 0 aliphatic heterocycles. The Morgan fingerprint density at radius 2 is 1.97 bits per heavy atom. The highest BCUT2D eigenvalue weighted by Gasteiger charge is 2.16. The predicted molar refractivity (Wildman–Crippen MR) is 118 cm³/mol. The molecule has 0 unspecified atom stereocenters. The lowest BCUT2D eigenvalue weighted by Crippen LogP contribution is -2.22. The maximum absolute atomic E-state index is 10.8. The molecular weight excluding hydrogens is 408 g/mol. The molecule has 154 valence electrons. The zero-order valence-electron chi connectivity index (χ0n) is 17.0. The lowest BCUT2D eigenvalue weighted by molar-refractivity contribution is 0.0899. The first-order chi connectivity index (χ1) is 13.6.